The number of nitrogens with zero attached hydrogens (tertiary/aromatic N) is 2. The first kappa shape index (κ1) is 9.92. The highest BCUT2D eigenvalue weighted by molar-refractivity contribution is 5.49. The predicted octanol–water partition coefficient (Wildman–Crippen LogP) is 1.92. The Balaban J connectivity index is 2.32. The maximum absolute atomic E-state index is 5.48. The van der Waals surface area contributed by atoms with Crippen LogP contribution in [0, 0.1) is 6.92 Å². The van der Waals surface area contributed by atoms with Gasteiger partial charge in [-0.25, -0.2) is 0 Å². The summed E-state index contributed by atoms with van der Waals surface area (Å²) in [6.07, 6.45) is 1.61. The molecule has 0 radical (unpaired) electrons. The van der Waals surface area contributed by atoms with Crippen LogP contribution in [-0.2, 0) is 0 Å². The van der Waals surface area contributed by atoms with Gasteiger partial charge in [0, 0.05) is 5.56 Å². The molecule has 2 aromatic rings. The normalized spacial score (nSPS) is 13.0. The molecule has 15 heavy (non-hydrogen) atoms. The lowest BCUT2D eigenvalue weighted by molar-refractivity contribution is 0.430. The van der Waals surface area contributed by atoms with E-state index in [2.05, 4.69) is 15.5 Å². The molecule has 0 amide bonds. The molecular weight excluding hydrogens is 194 g/mol. The summed E-state index contributed by atoms with van der Waals surface area (Å²) in [6.45, 7) is 3.89. The smallest absolute Gasteiger partial charge is 0.283 e. The van der Waals surface area contributed by atoms with Crippen molar-refractivity contribution in [2.45, 2.75) is 19.9 Å². The molecule has 0 spiro atoms. The highest BCUT2D eigenvalue weighted by atomic mass is 16.4. The number of hydrogen-bond acceptors (Lipinski definition) is 5. The zero-order valence-electron chi connectivity index (χ0n) is 8.94. The third-order valence-corrected chi connectivity index (χ3v) is 2.30. The van der Waals surface area contributed by atoms with Crippen LogP contribution in [0.3, 0.4) is 0 Å². The predicted molar refractivity (Wildman–Crippen MR) is 54.2 cm³/mol. The molecule has 0 aliphatic rings. The van der Waals surface area contributed by atoms with Gasteiger partial charge in [0.25, 0.3) is 5.89 Å². The first-order chi connectivity index (χ1) is 7.22. The Morgan fingerprint density at radius 1 is 1.40 bits per heavy atom. The third kappa shape index (κ3) is 1.78. The Bertz CT molecular complexity index is 447. The van der Waals surface area contributed by atoms with Crippen LogP contribution in [0.2, 0.25) is 0 Å². The zero-order valence-corrected chi connectivity index (χ0v) is 8.94. The SMILES string of the molecule is CNC(C)c1nnc(-c2occc2C)o1. The lowest BCUT2D eigenvalue weighted by Gasteiger charge is -2.01. The van der Waals surface area contributed by atoms with E-state index in [-0.39, 0.29) is 6.04 Å². The number of furan rings is 1. The van der Waals surface area contributed by atoms with Gasteiger partial charge in [0.05, 0.1) is 12.3 Å². The summed E-state index contributed by atoms with van der Waals surface area (Å²) in [6, 6.07) is 1.90. The quantitative estimate of drug-likeness (QED) is 0.832. The maximum Gasteiger partial charge on any atom is 0.283 e. The van der Waals surface area contributed by atoms with Crippen LogP contribution in [0.4, 0.5) is 0 Å². The first-order valence-electron chi connectivity index (χ1n) is 4.77. The fourth-order valence-corrected chi connectivity index (χ4v) is 1.22. The van der Waals surface area contributed by atoms with Gasteiger partial charge in [-0.05, 0) is 27.0 Å². The molecule has 0 aliphatic carbocycles. The van der Waals surface area contributed by atoms with Gasteiger partial charge >= 0.3 is 0 Å². The van der Waals surface area contributed by atoms with Crippen molar-refractivity contribution in [1.82, 2.24) is 15.5 Å². The monoisotopic (exact) mass is 207 g/mol. The van der Waals surface area contributed by atoms with Crippen LogP contribution in [-0.4, -0.2) is 17.2 Å². The van der Waals surface area contributed by atoms with Crippen LogP contribution in [0.5, 0.6) is 0 Å². The van der Waals surface area contributed by atoms with Crippen molar-refractivity contribution in [2.75, 3.05) is 7.05 Å². The molecule has 0 aliphatic heterocycles. The zero-order chi connectivity index (χ0) is 10.8. The lowest BCUT2D eigenvalue weighted by atomic mass is 10.3. The molecule has 1 unspecified atom stereocenters. The molecule has 0 aromatic carbocycles. The van der Waals surface area contributed by atoms with Gasteiger partial charge in [-0.3, -0.25) is 0 Å². The Morgan fingerprint density at radius 3 is 2.80 bits per heavy atom. The lowest BCUT2D eigenvalue weighted by Crippen LogP contribution is -2.12. The minimum Gasteiger partial charge on any atom is -0.459 e. The third-order valence-electron chi connectivity index (χ3n) is 2.30. The molecule has 2 heterocycles. The molecular formula is C10H13N3O2. The maximum atomic E-state index is 5.48. The summed E-state index contributed by atoms with van der Waals surface area (Å²) in [4.78, 5) is 0. The Hall–Kier alpha value is -1.62. The van der Waals surface area contributed by atoms with Gasteiger partial charge in [-0.15, -0.1) is 10.2 Å². The average molecular weight is 207 g/mol. The largest absolute Gasteiger partial charge is 0.459 e. The average Bonchev–Trinajstić information content (AvgIpc) is 2.84. The van der Waals surface area contributed by atoms with E-state index in [0.717, 1.165) is 5.56 Å². The molecule has 5 heteroatoms. The van der Waals surface area contributed by atoms with Crippen LogP contribution >= 0.6 is 0 Å². The summed E-state index contributed by atoms with van der Waals surface area (Å²) in [7, 11) is 1.84. The van der Waals surface area contributed by atoms with E-state index in [9.17, 15) is 0 Å². The molecule has 1 atom stereocenters. The Kier molecular flexibility index (Phi) is 2.55. The molecule has 2 aromatic heterocycles. The van der Waals surface area contributed by atoms with Crippen molar-refractivity contribution in [3.63, 3.8) is 0 Å². The van der Waals surface area contributed by atoms with Crippen molar-refractivity contribution in [3.05, 3.63) is 23.8 Å². The fraction of sp³-hybridized carbons (Fsp3) is 0.400. The van der Waals surface area contributed by atoms with Crippen LogP contribution in [0.1, 0.15) is 24.4 Å². The van der Waals surface area contributed by atoms with E-state index in [1.807, 2.05) is 27.0 Å². The van der Waals surface area contributed by atoms with E-state index < -0.39 is 0 Å². The van der Waals surface area contributed by atoms with Crippen molar-refractivity contribution >= 4 is 0 Å². The second-order valence-electron chi connectivity index (χ2n) is 3.39. The van der Waals surface area contributed by atoms with E-state index in [4.69, 9.17) is 8.83 Å². The second-order valence-corrected chi connectivity index (χ2v) is 3.39. The molecule has 2 rings (SSSR count). The van der Waals surface area contributed by atoms with E-state index >= 15 is 0 Å². The minimum absolute atomic E-state index is 0.0431. The Labute approximate surface area is 87.5 Å². The van der Waals surface area contributed by atoms with Crippen molar-refractivity contribution in [1.29, 1.82) is 0 Å². The summed E-state index contributed by atoms with van der Waals surface area (Å²) in [5.74, 6) is 1.62. The van der Waals surface area contributed by atoms with Crippen LogP contribution in [0.25, 0.3) is 11.7 Å². The number of hydrogen-bond donors (Lipinski definition) is 1. The van der Waals surface area contributed by atoms with Crippen molar-refractivity contribution in [2.24, 2.45) is 0 Å². The van der Waals surface area contributed by atoms with E-state index in [0.29, 0.717) is 17.5 Å². The van der Waals surface area contributed by atoms with Crippen LogP contribution in [0.15, 0.2) is 21.2 Å². The van der Waals surface area contributed by atoms with Crippen LogP contribution < -0.4 is 5.32 Å². The summed E-state index contributed by atoms with van der Waals surface area (Å²) >= 11 is 0. The number of aryl methyl sites for hydroxylation is 1. The number of aromatic nitrogens is 2. The number of rotatable bonds is 3. The second kappa shape index (κ2) is 3.86. The highest BCUT2D eigenvalue weighted by Crippen LogP contribution is 2.24. The topological polar surface area (TPSA) is 64.1 Å². The molecule has 1 N–H and O–H groups in total. The Morgan fingerprint density at radius 2 is 2.20 bits per heavy atom. The first-order valence-corrected chi connectivity index (χ1v) is 4.77. The van der Waals surface area contributed by atoms with Gasteiger partial charge in [0.15, 0.2) is 5.76 Å². The number of nitrogens with one attached hydrogen (secondary N) is 1. The molecule has 0 saturated carbocycles. The molecule has 0 fully saturated rings. The summed E-state index contributed by atoms with van der Waals surface area (Å²) < 4.78 is 10.7. The van der Waals surface area contributed by atoms with E-state index in [1.165, 1.54) is 0 Å². The highest BCUT2D eigenvalue weighted by Gasteiger charge is 2.16. The van der Waals surface area contributed by atoms with Crippen molar-refractivity contribution in [3.8, 4) is 11.7 Å². The minimum atomic E-state index is 0.0431. The fourth-order valence-electron chi connectivity index (χ4n) is 1.22. The molecule has 80 valence electrons. The van der Waals surface area contributed by atoms with Crippen molar-refractivity contribution < 1.29 is 8.83 Å². The van der Waals surface area contributed by atoms with Gasteiger partial charge in [0.2, 0.25) is 5.89 Å². The summed E-state index contributed by atoms with van der Waals surface area (Å²) in [5.41, 5.74) is 0.988. The molecule has 0 saturated heterocycles. The summed E-state index contributed by atoms with van der Waals surface area (Å²) in [5, 5.41) is 10.9. The van der Waals surface area contributed by atoms with Gasteiger partial charge in [-0.1, -0.05) is 0 Å². The standard InChI is InChI=1S/C10H13N3O2/c1-6-4-5-14-8(6)10-13-12-9(15-10)7(2)11-3/h4-5,7,11H,1-3H3. The molecule has 0 bridgehead atoms. The molecule has 5 nitrogen and oxygen atoms in total. The van der Waals surface area contributed by atoms with E-state index in [1.54, 1.807) is 6.26 Å². The van der Waals surface area contributed by atoms with Gasteiger partial charge in [-0.2, -0.15) is 0 Å². The van der Waals surface area contributed by atoms with Gasteiger partial charge < -0.3 is 14.2 Å². The van der Waals surface area contributed by atoms with Gasteiger partial charge in [0.1, 0.15) is 0 Å².